The fraction of sp³-hybridized carbons (Fsp3) is 0.764. The Morgan fingerprint density at radius 1 is 0.328 bits per heavy atom. The summed E-state index contributed by atoms with van der Waals surface area (Å²) in [6, 6.07) is 0. The van der Waals surface area contributed by atoms with Crippen molar-refractivity contribution in [2.45, 2.75) is 258 Å². The van der Waals surface area contributed by atoms with Crippen LogP contribution in [0.3, 0.4) is 0 Å². The molecule has 0 aliphatic rings. The van der Waals surface area contributed by atoms with Gasteiger partial charge in [-0.25, -0.2) is 0 Å². The quantitative estimate of drug-likeness (QED) is 0.0263. The molecule has 0 heterocycles. The third kappa shape index (κ3) is 48.0. The minimum atomic E-state index is -0.797. The van der Waals surface area contributed by atoms with Gasteiger partial charge in [0.15, 0.2) is 6.10 Å². The van der Waals surface area contributed by atoms with Crippen LogP contribution in [0.1, 0.15) is 252 Å². The van der Waals surface area contributed by atoms with Gasteiger partial charge >= 0.3 is 17.9 Å². The maximum atomic E-state index is 12.8. The molecule has 0 saturated carbocycles. The molecule has 0 aromatic heterocycles. The summed E-state index contributed by atoms with van der Waals surface area (Å²) in [7, 11) is 0. The lowest BCUT2D eigenvalue weighted by Gasteiger charge is -2.18. The topological polar surface area (TPSA) is 78.9 Å². The van der Waals surface area contributed by atoms with E-state index in [1.165, 1.54) is 128 Å². The standard InChI is InChI=1S/C55H96O6/c1-4-7-10-13-16-19-22-25-26-27-28-31-33-36-39-42-45-48-54(57)60-51-52(61-55(58)49-46-43-40-37-34-30-24-21-18-15-12-9-6-3)50-59-53(56)47-44-41-38-35-32-29-23-20-17-14-11-8-5-2/h16,19,21,24-26,28,31,36,39,52H,4-15,17-18,20,22-23,27,29-30,32-35,37-38,40-51H2,1-3H3. The molecule has 0 aromatic carbocycles. The molecular formula is C55H96O6. The molecule has 6 nitrogen and oxygen atoms in total. The number of hydrogen-bond donors (Lipinski definition) is 0. The van der Waals surface area contributed by atoms with Gasteiger partial charge in [-0.15, -0.1) is 0 Å². The largest absolute Gasteiger partial charge is 0.462 e. The first-order valence-electron chi connectivity index (χ1n) is 25.8. The second kappa shape index (κ2) is 49.8. The van der Waals surface area contributed by atoms with Crippen molar-refractivity contribution in [3.8, 4) is 0 Å². The number of carbonyl (C=O) groups excluding carboxylic acids is 3. The first kappa shape index (κ1) is 58.1. The van der Waals surface area contributed by atoms with E-state index in [1.807, 2.05) is 0 Å². The third-order valence-electron chi connectivity index (χ3n) is 11.0. The van der Waals surface area contributed by atoms with Crippen LogP contribution in [0.15, 0.2) is 60.8 Å². The highest BCUT2D eigenvalue weighted by Gasteiger charge is 2.19. The van der Waals surface area contributed by atoms with E-state index in [4.69, 9.17) is 14.2 Å². The van der Waals surface area contributed by atoms with Crippen molar-refractivity contribution in [3.63, 3.8) is 0 Å². The molecule has 0 N–H and O–H groups in total. The summed E-state index contributed by atoms with van der Waals surface area (Å²) in [4.78, 5) is 37.9. The van der Waals surface area contributed by atoms with Gasteiger partial charge in [0.05, 0.1) is 0 Å². The zero-order valence-electron chi connectivity index (χ0n) is 40.2. The number of unbranched alkanes of at least 4 members (excludes halogenated alkanes) is 25. The first-order chi connectivity index (χ1) is 30.0. The van der Waals surface area contributed by atoms with Crippen molar-refractivity contribution >= 4 is 17.9 Å². The van der Waals surface area contributed by atoms with Crippen LogP contribution in [0, 0.1) is 0 Å². The van der Waals surface area contributed by atoms with E-state index >= 15 is 0 Å². The van der Waals surface area contributed by atoms with E-state index in [0.29, 0.717) is 19.3 Å². The van der Waals surface area contributed by atoms with Crippen molar-refractivity contribution in [2.24, 2.45) is 0 Å². The Bertz CT molecular complexity index is 1120. The molecule has 6 heteroatoms. The molecular weight excluding hydrogens is 757 g/mol. The van der Waals surface area contributed by atoms with Crippen molar-refractivity contribution in [1.29, 1.82) is 0 Å². The first-order valence-corrected chi connectivity index (χ1v) is 25.8. The number of rotatable bonds is 46. The molecule has 1 atom stereocenters. The van der Waals surface area contributed by atoms with E-state index in [9.17, 15) is 14.4 Å². The molecule has 0 bridgehead atoms. The Morgan fingerprint density at radius 3 is 1.05 bits per heavy atom. The maximum absolute atomic E-state index is 12.8. The fourth-order valence-corrected chi connectivity index (χ4v) is 7.08. The minimum absolute atomic E-state index is 0.0926. The minimum Gasteiger partial charge on any atom is -0.462 e. The van der Waals surface area contributed by atoms with Crippen LogP contribution >= 0.6 is 0 Å². The zero-order valence-corrected chi connectivity index (χ0v) is 40.2. The van der Waals surface area contributed by atoms with Crippen LogP contribution < -0.4 is 0 Å². The SMILES string of the molecule is CCCCCC=CCC=CCC=CCC=CCCCC(=O)OCC(COC(=O)CCCCCCCCCCCCCCC)OC(=O)CCCCCCCC=CCCCCCC. The average Bonchev–Trinajstić information content (AvgIpc) is 3.26. The van der Waals surface area contributed by atoms with Gasteiger partial charge in [0.2, 0.25) is 0 Å². The molecule has 0 fully saturated rings. The third-order valence-corrected chi connectivity index (χ3v) is 11.0. The second-order valence-corrected chi connectivity index (χ2v) is 17.1. The Kier molecular flexibility index (Phi) is 47.4. The summed E-state index contributed by atoms with van der Waals surface area (Å²) in [6.07, 6.45) is 60.6. The van der Waals surface area contributed by atoms with Crippen molar-refractivity contribution < 1.29 is 28.6 Å². The Balaban J connectivity index is 4.46. The molecule has 0 rings (SSSR count). The van der Waals surface area contributed by atoms with Crippen LogP contribution in [-0.2, 0) is 28.6 Å². The smallest absolute Gasteiger partial charge is 0.306 e. The molecule has 1 unspecified atom stereocenters. The highest BCUT2D eigenvalue weighted by atomic mass is 16.6. The van der Waals surface area contributed by atoms with Crippen LogP contribution in [0.4, 0.5) is 0 Å². The lowest BCUT2D eigenvalue weighted by Crippen LogP contribution is -2.30. The van der Waals surface area contributed by atoms with Crippen molar-refractivity contribution in [2.75, 3.05) is 13.2 Å². The average molecular weight is 853 g/mol. The molecule has 0 amide bonds. The number of carbonyl (C=O) groups is 3. The highest BCUT2D eigenvalue weighted by Crippen LogP contribution is 2.14. The molecule has 0 saturated heterocycles. The molecule has 61 heavy (non-hydrogen) atoms. The van der Waals surface area contributed by atoms with E-state index < -0.39 is 6.10 Å². The normalized spacial score (nSPS) is 12.5. The molecule has 0 aromatic rings. The summed E-state index contributed by atoms with van der Waals surface area (Å²) < 4.78 is 16.7. The van der Waals surface area contributed by atoms with Gasteiger partial charge in [-0.05, 0) is 83.5 Å². The molecule has 0 aliphatic heterocycles. The van der Waals surface area contributed by atoms with Crippen LogP contribution in [0.25, 0.3) is 0 Å². The van der Waals surface area contributed by atoms with Gasteiger partial charge in [-0.3, -0.25) is 14.4 Å². The number of esters is 3. The lowest BCUT2D eigenvalue weighted by atomic mass is 10.0. The Hall–Kier alpha value is -2.89. The predicted octanol–water partition coefficient (Wildman–Crippen LogP) is 16.9. The summed E-state index contributed by atoms with van der Waals surface area (Å²) in [5, 5.41) is 0. The monoisotopic (exact) mass is 853 g/mol. The Labute approximate surface area is 377 Å². The predicted molar refractivity (Wildman–Crippen MR) is 261 cm³/mol. The zero-order chi connectivity index (χ0) is 44.4. The van der Waals surface area contributed by atoms with Gasteiger partial charge < -0.3 is 14.2 Å². The van der Waals surface area contributed by atoms with Gasteiger partial charge in [0.1, 0.15) is 13.2 Å². The number of hydrogen-bond acceptors (Lipinski definition) is 6. The molecule has 0 spiro atoms. The van der Waals surface area contributed by atoms with Gasteiger partial charge in [-0.1, -0.05) is 210 Å². The summed E-state index contributed by atoms with van der Waals surface area (Å²) in [6.45, 7) is 6.54. The number of ether oxygens (including phenoxy) is 3. The van der Waals surface area contributed by atoms with Crippen LogP contribution in [-0.4, -0.2) is 37.2 Å². The highest BCUT2D eigenvalue weighted by molar-refractivity contribution is 5.71. The van der Waals surface area contributed by atoms with Crippen LogP contribution in [0.2, 0.25) is 0 Å². The summed E-state index contributed by atoms with van der Waals surface area (Å²) >= 11 is 0. The van der Waals surface area contributed by atoms with E-state index in [0.717, 1.165) is 77.0 Å². The lowest BCUT2D eigenvalue weighted by molar-refractivity contribution is -0.167. The fourth-order valence-electron chi connectivity index (χ4n) is 7.08. The van der Waals surface area contributed by atoms with Gasteiger partial charge in [0, 0.05) is 19.3 Å². The Morgan fingerprint density at radius 2 is 0.607 bits per heavy atom. The van der Waals surface area contributed by atoms with E-state index in [2.05, 4.69) is 81.5 Å². The van der Waals surface area contributed by atoms with Gasteiger partial charge in [-0.2, -0.15) is 0 Å². The number of allylic oxidation sites excluding steroid dienone is 10. The van der Waals surface area contributed by atoms with Crippen molar-refractivity contribution in [3.05, 3.63) is 60.8 Å². The summed E-state index contributed by atoms with van der Waals surface area (Å²) in [5.41, 5.74) is 0. The van der Waals surface area contributed by atoms with E-state index in [1.54, 1.807) is 0 Å². The molecule has 352 valence electrons. The summed E-state index contributed by atoms with van der Waals surface area (Å²) in [5.74, 6) is -0.956. The second-order valence-electron chi connectivity index (χ2n) is 17.1. The van der Waals surface area contributed by atoms with Gasteiger partial charge in [0.25, 0.3) is 0 Å². The maximum Gasteiger partial charge on any atom is 0.306 e. The van der Waals surface area contributed by atoms with Crippen LogP contribution in [0.5, 0.6) is 0 Å². The van der Waals surface area contributed by atoms with Crippen molar-refractivity contribution in [1.82, 2.24) is 0 Å². The molecule has 0 radical (unpaired) electrons. The molecule has 0 aliphatic carbocycles. The van der Waals surface area contributed by atoms with E-state index in [-0.39, 0.29) is 37.5 Å².